The number of hydrogen-bond donors (Lipinski definition) is 4. The van der Waals surface area contributed by atoms with Crippen LogP contribution in [0.3, 0.4) is 0 Å². The molecule has 1 fully saturated rings. The molecule has 7 heteroatoms. The van der Waals surface area contributed by atoms with Gasteiger partial charge in [0.15, 0.2) is 5.82 Å². The molecule has 2 aromatic rings. The van der Waals surface area contributed by atoms with Crippen molar-refractivity contribution in [3.8, 4) is 0 Å². The zero-order valence-electron chi connectivity index (χ0n) is 10.3. The largest absolute Gasteiger partial charge is 0.480 e. The molecule has 0 spiro atoms. The van der Waals surface area contributed by atoms with Crippen molar-refractivity contribution in [2.24, 2.45) is 0 Å². The van der Waals surface area contributed by atoms with Crippen LogP contribution in [0.25, 0.3) is 0 Å². The van der Waals surface area contributed by atoms with Crippen molar-refractivity contribution in [3.05, 3.63) is 30.2 Å². The number of aromatic amines is 2. The first-order valence-electron chi connectivity index (χ1n) is 6.24. The topological polar surface area (TPSA) is 107 Å². The fourth-order valence-electron chi connectivity index (χ4n) is 2.95. The molecule has 1 aliphatic rings. The molecular formula is C12H15N5O2. The van der Waals surface area contributed by atoms with E-state index in [1.54, 1.807) is 12.4 Å². The van der Waals surface area contributed by atoms with Gasteiger partial charge in [0.1, 0.15) is 5.41 Å². The van der Waals surface area contributed by atoms with E-state index in [2.05, 4.69) is 25.7 Å². The van der Waals surface area contributed by atoms with Crippen LogP contribution < -0.4 is 5.32 Å². The van der Waals surface area contributed by atoms with E-state index >= 15 is 0 Å². The van der Waals surface area contributed by atoms with E-state index in [0.717, 1.165) is 18.5 Å². The van der Waals surface area contributed by atoms with E-state index in [1.165, 1.54) is 0 Å². The smallest absolute Gasteiger partial charge is 0.317 e. The Morgan fingerprint density at radius 1 is 1.58 bits per heavy atom. The van der Waals surface area contributed by atoms with E-state index in [1.807, 2.05) is 12.1 Å². The molecule has 0 aromatic carbocycles. The molecule has 19 heavy (non-hydrogen) atoms. The van der Waals surface area contributed by atoms with Gasteiger partial charge in [-0.05, 0) is 31.4 Å². The van der Waals surface area contributed by atoms with Crippen LogP contribution in [0.4, 0.5) is 5.82 Å². The summed E-state index contributed by atoms with van der Waals surface area (Å²) in [5, 5.41) is 23.0. The van der Waals surface area contributed by atoms with Crippen LogP contribution in [0.15, 0.2) is 24.5 Å². The van der Waals surface area contributed by atoms with Crippen molar-refractivity contribution in [2.45, 2.75) is 30.7 Å². The van der Waals surface area contributed by atoms with Crippen molar-refractivity contribution in [3.63, 3.8) is 0 Å². The Morgan fingerprint density at radius 3 is 3.11 bits per heavy atom. The number of aromatic nitrogens is 4. The maximum absolute atomic E-state index is 11.9. The maximum atomic E-state index is 11.9. The predicted octanol–water partition coefficient (Wildman–Crippen LogP) is 1.12. The maximum Gasteiger partial charge on any atom is 0.317 e. The molecule has 4 N–H and O–H groups in total. The average molecular weight is 261 g/mol. The van der Waals surface area contributed by atoms with Gasteiger partial charge in [-0.25, -0.2) is 0 Å². The molecule has 0 bridgehead atoms. The second-order valence-electron chi connectivity index (χ2n) is 4.81. The Hall–Kier alpha value is -2.31. The van der Waals surface area contributed by atoms with E-state index in [9.17, 15) is 9.90 Å². The lowest BCUT2D eigenvalue weighted by molar-refractivity contribution is -0.144. The zero-order chi connectivity index (χ0) is 13.3. The molecule has 100 valence electrons. The number of rotatable bonds is 4. The normalized spacial score (nSPS) is 26.4. The Morgan fingerprint density at radius 2 is 2.47 bits per heavy atom. The van der Waals surface area contributed by atoms with Crippen LogP contribution in [0.1, 0.15) is 25.0 Å². The molecule has 2 heterocycles. The van der Waals surface area contributed by atoms with E-state index in [-0.39, 0.29) is 6.04 Å². The highest BCUT2D eigenvalue weighted by atomic mass is 16.4. The van der Waals surface area contributed by atoms with Gasteiger partial charge in [-0.15, -0.1) is 5.10 Å². The highest BCUT2D eigenvalue weighted by Crippen LogP contribution is 2.42. The third-order valence-corrected chi connectivity index (χ3v) is 3.86. The molecule has 2 unspecified atom stereocenters. The van der Waals surface area contributed by atoms with Gasteiger partial charge in [0, 0.05) is 17.9 Å². The van der Waals surface area contributed by atoms with Gasteiger partial charge in [0.25, 0.3) is 0 Å². The molecule has 0 amide bonds. The van der Waals surface area contributed by atoms with Gasteiger partial charge in [0.2, 0.25) is 0 Å². The predicted molar refractivity (Wildman–Crippen MR) is 67.8 cm³/mol. The van der Waals surface area contributed by atoms with Gasteiger partial charge in [0.05, 0.1) is 6.20 Å². The summed E-state index contributed by atoms with van der Waals surface area (Å²) in [5.74, 6) is -0.238. The summed E-state index contributed by atoms with van der Waals surface area (Å²) in [7, 11) is 0. The molecule has 7 nitrogen and oxygen atoms in total. The van der Waals surface area contributed by atoms with Crippen molar-refractivity contribution in [1.29, 1.82) is 0 Å². The third-order valence-electron chi connectivity index (χ3n) is 3.86. The number of hydrogen-bond acceptors (Lipinski definition) is 4. The van der Waals surface area contributed by atoms with Gasteiger partial charge in [-0.3, -0.25) is 9.89 Å². The third kappa shape index (κ3) is 1.78. The number of carboxylic acids is 1. The number of anilines is 1. The Kier molecular flexibility index (Phi) is 2.73. The Labute approximate surface area is 109 Å². The summed E-state index contributed by atoms with van der Waals surface area (Å²) in [4.78, 5) is 14.9. The molecule has 2 atom stereocenters. The molecule has 1 saturated carbocycles. The molecule has 0 aliphatic heterocycles. The van der Waals surface area contributed by atoms with Gasteiger partial charge >= 0.3 is 5.97 Å². The van der Waals surface area contributed by atoms with Crippen molar-refractivity contribution in [2.75, 3.05) is 5.32 Å². The summed E-state index contributed by atoms with van der Waals surface area (Å²) in [6.45, 7) is 0. The highest BCUT2D eigenvalue weighted by molar-refractivity contribution is 5.83. The number of carboxylic acid groups (broad SMARTS) is 1. The standard InChI is InChI=1S/C12H15N5O2/c18-11(19)12(8-4-2-6-13-8)5-1-3-9(12)15-10-7-14-17-16-10/h2,4,6-7,9,13H,1,3,5H2,(H,18,19)(H2,14,15,16,17). The monoisotopic (exact) mass is 261 g/mol. The van der Waals surface area contributed by atoms with Crippen LogP contribution in [0.5, 0.6) is 0 Å². The molecule has 0 radical (unpaired) electrons. The molecule has 1 aliphatic carbocycles. The fraction of sp³-hybridized carbons (Fsp3) is 0.417. The number of H-pyrrole nitrogens is 2. The van der Waals surface area contributed by atoms with Gasteiger partial charge in [-0.1, -0.05) is 5.21 Å². The number of nitrogens with zero attached hydrogens (tertiary/aromatic N) is 2. The molecule has 0 saturated heterocycles. The highest BCUT2D eigenvalue weighted by Gasteiger charge is 2.51. The Bertz CT molecular complexity index is 551. The van der Waals surface area contributed by atoms with E-state index < -0.39 is 11.4 Å². The van der Waals surface area contributed by atoms with Crippen molar-refractivity contribution in [1.82, 2.24) is 20.4 Å². The average Bonchev–Trinajstić information content (AvgIpc) is 3.10. The van der Waals surface area contributed by atoms with Crippen LogP contribution >= 0.6 is 0 Å². The van der Waals surface area contributed by atoms with E-state index in [0.29, 0.717) is 12.2 Å². The first-order valence-corrected chi connectivity index (χ1v) is 6.24. The number of aliphatic carboxylic acids is 1. The molecule has 3 rings (SSSR count). The SMILES string of the molecule is O=C(O)C1(c2ccc[nH]2)CCCC1Nc1c[nH]nn1. The van der Waals surface area contributed by atoms with Crippen LogP contribution in [0, 0.1) is 0 Å². The minimum absolute atomic E-state index is 0.200. The summed E-state index contributed by atoms with van der Waals surface area (Å²) in [6.07, 6.45) is 5.64. The van der Waals surface area contributed by atoms with Crippen LogP contribution in [0.2, 0.25) is 0 Å². The van der Waals surface area contributed by atoms with Crippen LogP contribution in [-0.4, -0.2) is 37.5 Å². The summed E-state index contributed by atoms with van der Waals surface area (Å²) in [5.41, 5.74) is -0.193. The summed E-state index contributed by atoms with van der Waals surface area (Å²) in [6, 6.07) is 3.45. The van der Waals surface area contributed by atoms with Crippen molar-refractivity contribution < 1.29 is 9.90 Å². The lowest BCUT2D eigenvalue weighted by atomic mass is 9.79. The Balaban J connectivity index is 1.96. The van der Waals surface area contributed by atoms with Crippen molar-refractivity contribution >= 4 is 11.8 Å². The second-order valence-corrected chi connectivity index (χ2v) is 4.81. The zero-order valence-corrected chi connectivity index (χ0v) is 10.3. The lowest BCUT2D eigenvalue weighted by Gasteiger charge is -2.31. The quantitative estimate of drug-likeness (QED) is 0.659. The van der Waals surface area contributed by atoms with Crippen LogP contribution in [-0.2, 0) is 10.2 Å². The number of nitrogens with one attached hydrogen (secondary N) is 3. The minimum Gasteiger partial charge on any atom is -0.480 e. The van der Waals surface area contributed by atoms with Gasteiger partial charge in [-0.2, -0.15) is 0 Å². The fourth-order valence-corrected chi connectivity index (χ4v) is 2.95. The summed E-state index contributed by atoms with van der Waals surface area (Å²) >= 11 is 0. The first kappa shape index (κ1) is 11.8. The second kappa shape index (κ2) is 4.42. The lowest BCUT2D eigenvalue weighted by Crippen LogP contribution is -2.47. The number of carbonyl (C=O) groups is 1. The first-order chi connectivity index (χ1) is 9.23. The molecule has 2 aromatic heterocycles. The minimum atomic E-state index is -0.928. The molecular weight excluding hydrogens is 246 g/mol. The van der Waals surface area contributed by atoms with E-state index in [4.69, 9.17) is 0 Å². The van der Waals surface area contributed by atoms with Gasteiger partial charge < -0.3 is 15.4 Å². The summed E-state index contributed by atoms with van der Waals surface area (Å²) < 4.78 is 0.